The second kappa shape index (κ2) is 9.33. The van der Waals surface area contributed by atoms with Crippen molar-refractivity contribution in [3.05, 3.63) is 52.8 Å². The molecule has 0 radical (unpaired) electrons. The number of nitrogens with one attached hydrogen (secondary N) is 1. The van der Waals surface area contributed by atoms with E-state index in [1.54, 1.807) is 30.3 Å². The van der Waals surface area contributed by atoms with Gasteiger partial charge in [-0.15, -0.1) is 0 Å². The largest absolute Gasteiger partial charge is 0.493 e. The van der Waals surface area contributed by atoms with Gasteiger partial charge in [-0.25, -0.2) is 0 Å². The number of imide groups is 1. The molecule has 0 bridgehead atoms. The number of rotatable bonds is 8. The van der Waals surface area contributed by atoms with Crippen LogP contribution in [0.2, 0.25) is 0 Å². The SMILES string of the molecule is CCOc1ccc(/C=C2\SC(=O)N(CCNC(=O)c3ccco3)C2=O)cc1OC. The van der Waals surface area contributed by atoms with Crippen molar-refractivity contribution in [2.45, 2.75) is 6.92 Å². The van der Waals surface area contributed by atoms with Crippen LogP contribution < -0.4 is 14.8 Å². The van der Waals surface area contributed by atoms with Crippen LogP contribution in [0.5, 0.6) is 11.5 Å². The first-order valence-corrected chi connectivity index (χ1v) is 9.73. The van der Waals surface area contributed by atoms with Gasteiger partial charge < -0.3 is 19.2 Å². The molecule has 9 heteroatoms. The second-order valence-corrected chi connectivity index (χ2v) is 6.90. The lowest BCUT2D eigenvalue weighted by atomic mass is 10.2. The van der Waals surface area contributed by atoms with E-state index in [4.69, 9.17) is 13.9 Å². The first-order valence-electron chi connectivity index (χ1n) is 8.91. The van der Waals surface area contributed by atoms with Crippen LogP contribution in [-0.2, 0) is 4.79 Å². The van der Waals surface area contributed by atoms with Crippen molar-refractivity contribution in [2.24, 2.45) is 0 Å². The van der Waals surface area contributed by atoms with E-state index in [9.17, 15) is 14.4 Å². The van der Waals surface area contributed by atoms with Gasteiger partial charge in [-0.1, -0.05) is 6.07 Å². The summed E-state index contributed by atoms with van der Waals surface area (Å²) in [5.74, 6) is 0.510. The number of benzene rings is 1. The second-order valence-electron chi connectivity index (χ2n) is 5.91. The van der Waals surface area contributed by atoms with Gasteiger partial charge in [0.1, 0.15) is 0 Å². The summed E-state index contributed by atoms with van der Waals surface area (Å²) in [7, 11) is 1.53. The van der Waals surface area contributed by atoms with Gasteiger partial charge in [0.15, 0.2) is 17.3 Å². The minimum atomic E-state index is -0.404. The zero-order chi connectivity index (χ0) is 20.8. The molecule has 1 fully saturated rings. The minimum Gasteiger partial charge on any atom is -0.493 e. The average molecular weight is 416 g/mol. The van der Waals surface area contributed by atoms with Crippen LogP contribution in [0.15, 0.2) is 45.9 Å². The molecule has 152 valence electrons. The topological polar surface area (TPSA) is 98.1 Å². The number of furan rings is 1. The molecule has 0 spiro atoms. The van der Waals surface area contributed by atoms with E-state index < -0.39 is 11.8 Å². The third-order valence-corrected chi connectivity index (χ3v) is 4.93. The summed E-state index contributed by atoms with van der Waals surface area (Å²) in [4.78, 5) is 38.0. The summed E-state index contributed by atoms with van der Waals surface area (Å²) in [6.07, 6.45) is 3.02. The van der Waals surface area contributed by atoms with Crippen LogP contribution in [0.4, 0.5) is 4.79 Å². The number of methoxy groups -OCH3 is 1. The molecule has 1 aromatic carbocycles. The molecule has 8 nitrogen and oxygen atoms in total. The third kappa shape index (κ3) is 4.80. The van der Waals surface area contributed by atoms with E-state index in [-0.39, 0.29) is 24.1 Å². The van der Waals surface area contributed by atoms with Crippen molar-refractivity contribution in [3.63, 3.8) is 0 Å². The van der Waals surface area contributed by atoms with Gasteiger partial charge in [-0.05, 0) is 54.6 Å². The number of hydrogen-bond acceptors (Lipinski definition) is 7. The normalized spacial score (nSPS) is 15.1. The number of hydrogen-bond donors (Lipinski definition) is 1. The third-order valence-electron chi connectivity index (χ3n) is 4.02. The maximum Gasteiger partial charge on any atom is 0.293 e. The van der Waals surface area contributed by atoms with Gasteiger partial charge >= 0.3 is 0 Å². The molecule has 2 heterocycles. The Labute approximate surface area is 171 Å². The Hall–Kier alpha value is -3.20. The van der Waals surface area contributed by atoms with Crippen molar-refractivity contribution in [1.82, 2.24) is 10.2 Å². The standard InChI is InChI=1S/C20H20N2O6S/c1-3-27-14-7-6-13(11-16(14)26-2)12-17-19(24)22(20(25)29-17)9-8-21-18(23)15-5-4-10-28-15/h4-7,10-12H,3,8-9H2,1-2H3,(H,21,23)/b17-12-. The number of ether oxygens (including phenoxy) is 2. The number of thioether (sulfide) groups is 1. The lowest BCUT2D eigenvalue weighted by Crippen LogP contribution is -2.37. The van der Waals surface area contributed by atoms with E-state index in [2.05, 4.69) is 5.32 Å². The Morgan fingerprint density at radius 1 is 1.28 bits per heavy atom. The molecule has 0 unspecified atom stereocenters. The maximum absolute atomic E-state index is 12.6. The highest BCUT2D eigenvalue weighted by Crippen LogP contribution is 2.34. The predicted octanol–water partition coefficient (Wildman–Crippen LogP) is 3.15. The zero-order valence-corrected chi connectivity index (χ0v) is 16.8. The lowest BCUT2D eigenvalue weighted by Gasteiger charge is -2.12. The fourth-order valence-electron chi connectivity index (χ4n) is 2.67. The highest BCUT2D eigenvalue weighted by atomic mass is 32.2. The summed E-state index contributed by atoms with van der Waals surface area (Å²) < 4.78 is 15.8. The van der Waals surface area contributed by atoms with Crippen LogP contribution >= 0.6 is 11.8 Å². The highest BCUT2D eigenvalue weighted by molar-refractivity contribution is 8.18. The molecular formula is C20H20N2O6S. The summed E-state index contributed by atoms with van der Waals surface area (Å²) in [6, 6.07) is 8.41. The summed E-state index contributed by atoms with van der Waals surface area (Å²) in [6.45, 7) is 2.58. The molecule has 1 saturated heterocycles. The molecule has 0 atom stereocenters. The van der Waals surface area contributed by atoms with Gasteiger partial charge in [-0.2, -0.15) is 0 Å². The van der Waals surface area contributed by atoms with Gasteiger partial charge in [0.05, 0.1) is 24.9 Å². The van der Waals surface area contributed by atoms with Crippen LogP contribution in [0.1, 0.15) is 23.0 Å². The average Bonchev–Trinajstić information content (AvgIpc) is 3.34. The molecule has 0 aliphatic carbocycles. The number of nitrogens with zero attached hydrogens (tertiary/aromatic N) is 1. The van der Waals surface area contributed by atoms with Gasteiger partial charge in [0.2, 0.25) is 0 Å². The first kappa shape index (κ1) is 20.5. The van der Waals surface area contributed by atoms with E-state index >= 15 is 0 Å². The van der Waals surface area contributed by atoms with Crippen molar-refractivity contribution < 1.29 is 28.3 Å². The molecule has 2 aromatic rings. The molecule has 0 saturated carbocycles. The number of carbonyl (C=O) groups excluding carboxylic acids is 3. The quantitative estimate of drug-likeness (QED) is 0.660. The monoisotopic (exact) mass is 416 g/mol. The molecule has 3 amide bonds. The Morgan fingerprint density at radius 3 is 2.79 bits per heavy atom. The summed E-state index contributed by atoms with van der Waals surface area (Å²) >= 11 is 0.856. The van der Waals surface area contributed by atoms with Crippen LogP contribution in [0.3, 0.4) is 0 Å². The first-order chi connectivity index (χ1) is 14.0. The van der Waals surface area contributed by atoms with Crippen LogP contribution in [-0.4, -0.2) is 48.8 Å². The highest BCUT2D eigenvalue weighted by Gasteiger charge is 2.34. The fraction of sp³-hybridized carbons (Fsp3) is 0.250. The molecule has 1 N–H and O–H groups in total. The number of carbonyl (C=O) groups is 3. The van der Waals surface area contributed by atoms with Gasteiger partial charge in [0.25, 0.3) is 17.1 Å². The fourth-order valence-corrected chi connectivity index (χ4v) is 3.53. The molecule has 3 rings (SSSR count). The van der Waals surface area contributed by atoms with E-state index in [1.165, 1.54) is 19.4 Å². The van der Waals surface area contributed by atoms with E-state index in [1.807, 2.05) is 6.92 Å². The van der Waals surface area contributed by atoms with Crippen molar-refractivity contribution in [1.29, 1.82) is 0 Å². The Kier molecular flexibility index (Phi) is 6.61. The van der Waals surface area contributed by atoms with Gasteiger partial charge in [0, 0.05) is 13.1 Å². The summed E-state index contributed by atoms with van der Waals surface area (Å²) in [5.41, 5.74) is 0.710. The maximum atomic E-state index is 12.6. The lowest BCUT2D eigenvalue weighted by molar-refractivity contribution is -0.122. The smallest absolute Gasteiger partial charge is 0.293 e. The minimum absolute atomic E-state index is 0.0705. The van der Waals surface area contributed by atoms with Crippen molar-refractivity contribution in [3.8, 4) is 11.5 Å². The molecule has 1 aromatic heterocycles. The summed E-state index contributed by atoms with van der Waals surface area (Å²) in [5, 5.41) is 2.23. The van der Waals surface area contributed by atoms with Crippen LogP contribution in [0.25, 0.3) is 6.08 Å². The number of amides is 3. The Balaban J connectivity index is 1.64. The molecule has 1 aliphatic rings. The zero-order valence-electron chi connectivity index (χ0n) is 16.0. The van der Waals surface area contributed by atoms with Crippen molar-refractivity contribution in [2.75, 3.05) is 26.8 Å². The van der Waals surface area contributed by atoms with E-state index in [0.29, 0.717) is 28.6 Å². The van der Waals surface area contributed by atoms with E-state index in [0.717, 1.165) is 16.7 Å². The molecule has 1 aliphatic heterocycles. The Morgan fingerprint density at radius 2 is 2.10 bits per heavy atom. The molecule has 29 heavy (non-hydrogen) atoms. The molecular weight excluding hydrogens is 396 g/mol. The van der Waals surface area contributed by atoms with Gasteiger partial charge in [-0.3, -0.25) is 19.3 Å². The predicted molar refractivity (Wildman–Crippen MR) is 108 cm³/mol. The van der Waals surface area contributed by atoms with Crippen LogP contribution in [0, 0.1) is 0 Å². The Bertz CT molecular complexity index is 938. The van der Waals surface area contributed by atoms with Crippen molar-refractivity contribution >= 4 is 34.9 Å².